The highest BCUT2D eigenvalue weighted by Crippen LogP contribution is 2.21. The average Bonchev–Trinajstić information content (AvgIpc) is 2.59. The lowest BCUT2D eigenvalue weighted by Crippen LogP contribution is -2.42. The standard InChI is InChI=1S/C18H22ClN3O3S/c1-21(16-8-4-3-5-9-16)12-11-20-18(23)14-22(26(2,24)25)17-10-6-7-15(19)13-17/h3-10,13H,11-12,14H2,1-2H3,(H,20,23). The Hall–Kier alpha value is -2.25. The van der Waals surface area contributed by atoms with E-state index in [1.165, 1.54) is 6.07 Å². The van der Waals surface area contributed by atoms with Crippen LogP contribution in [-0.4, -0.2) is 47.3 Å². The number of hydrogen-bond donors (Lipinski definition) is 1. The molecule has 0 atom stereocenters. The fraction of sp³-hybridized carbons (Fsp3) is 0.278. The average molecular weight is 396 g/mol. The lowest BCUT2D eigenvalue weighted by Gasteiger charge is -2.23. The minimum absolute atomic E-state index is 0.297. The van der Waals surface area contributed by atoms with Gasteiger partial charge in [-0.3, -0.25) is 9.10 Å². The molecule has 6 nitrogen and oxygen atoms in total. The van der Waals surface area contributed by atoms with Crippen LogP contribution in [0.3, 0.4) is 0 Å². The van der Waals surface area contributed by atoms with E-state index in [0.29, 0.717) is 23.8 Å². The van der Waals surface area contributed by atoms with Crippen LogP contribution in [0.25, 0.3) is 0 Å². The second kappa shape index (κ2) is 8.91. The number of benzene rings is 2. The second-order valence-electron chi connectivity index (χ2n) is 5.86. The molecule has 2 rings (SSSR count). The van der Waals surface area contributed by atoms with Gasteiger partial charge >= 0.3 is 0 Å². The Balaban J connectivity index is 1.94. The van der Waals surface area contributed by atoms with E-state index in [4.69, 9.17) is 11.6 Å². The number of sulfonamides is 1. The van der Waals surface area contributed by atoms with E-state index in [2.05, 4.69) is 5.32 Å². The first-order valence-corrected chi connectivity index (χ1v) is 10.3. The quantitative estimate of drug-likeness (QED) is 0.744. The third-order valence-corrected chi connectivity index (χ3v) is 5.13. The van der Waals surface area contributed by atoms with E-state index < -0.39 is 10.0 Å². The van der Waals surface area contributed by atoms with Crippen LogP contribution in [0.1, 0.15) is 0 Å². The van der Waals surface area contributed by atoms with Crippen molar-refractivity contribution in [2.75, 3.05) is 42.1 Å². The Labute approximate surface area is 159 Å². The summed E-state index contributed by atoms with van der Waals surface area (Å²) >= 11 is 5.92. The normalized spacial score (nSPS) is 11.0. The van der Waals surface area contributed by atoms with Gasteiger partial charge in [-0.2, -0.15) is 0 Å². The molecule has 26 heavy (non-hydrogen) atoms. The fourth-order valence-corrected chi connectivity index (χ4v) is 3.43. The maximum absolute atomic E-state index is 12.2. The lowest BCUT2D eigenvalue weighted by atomic mass is 10.3. The summed E-state index contributed by atoms with van der Waals surface area (Å²) in [5.74, 6) is -0.378. The maximum Gasteiger partial charge on any atom is 0.240 e. The van der Waals surface area contributed by atoms with Crippen LogP contribution in [0.4, 0.5) is 11.4 Å². The summed E-state index contributed by atoms with van der Waals surface area (Å²) in [5.41, 5.74) is 1.40. The number of likely N-dealkylation sites (N-methyl/N-ethyl adjacent to an activating group) is 1. The van der Waals surface area contributed by atoms with Gasteiger partial charge in [-0.05, 0) is 30.3 Å². The molecule has 0 saturated carbocycles. The predicted octanol–water partition coefficient (Wildman–Crippen LogP) is 2.36. The van der Waals surface area contributed by atoms with Crippen LogP contribution >= 0.6 is 11.6 Å². The van der Waals surface area contributed by atoms with Crippen LogP contribution in [0.15, 0.2) is 54.6 Å². The number of nitrogens with zero attached hydrogens (tertiary/aromatic N) is 2. The molecule has 2 aromatic rings. The predicted molar refractivity (Wildman–Crippen MR) is 106 cm³/mol. The first-order chi connectivity index (χ1) is 12.3. The number of hydrogen-bond acceptors (Lipinski definition) is 4. The summed E-state index contributed by atoms with van der Waals surface area (Å²) in [7, 11) is -1.68. The van der Waals surface area contributed by atoms with E-state index in [-0.39, 0.29) is 12.5 Å². The second-order valence-corrected chi connectivity index (χ2v) is 8.20. The van der Waals surface area contributed by atoms with Crippen molar-refractivity contribution in [3.05, 3.63) is 59.6 Å². The zero-order valence-electron chi connectivity index (χ0n) is 14.7. The molecule has 0 spiro atoms. The van der Waals surface area contributed by atoms with Gasteiger partial charge in [0, 0.05) is 30.8 Å². The highest BCUT2D eigenvalue weighted by molar-refractivity contribution is 7.92. The van der Waals surface area contributed by atoms with Gasteiger partial charge < -0.3 is 10.2 Å². The Kier molecular flexibility index (Phi) is 6.88. The molecule has 1 amide bonds. The molecule has 0 unspecified atom stereocenters. The van der Waals surface area contributed by atoms with Crippen LogP contribution in [0.5, 0.6) is 0 Å². The minimum Gasteiger partial charge on any atom is -0.373 e. The third-order valence-electron chi connectivity index (χ3n) is 3.75. The largest absolute Gasteiger partial charge is 0.373 e. The molecule has 0 radical (unpaired) electrons. The van der Waals surface area contributed by atoms with Crippen molar-refractivity contribution in [2.24, 2.45) is 0 Å². The van der Waals surface area contributed by atoms with Gasteiger partial charge in [-0.1, -0.05) is 35.9 Å². The van der Waals surface area contributed by atoms with Crippen LogP contribution in [-0.2, 0) is 14.8 Å². The number of rotatable bonds is 8. The number of nitrogens with one attached hydrogen (secondary N) is 1. The molecule has 0 heterocycles. The molecule has 0 saturated heterocycles. The number of anilines is 2. The van der Waals surface area contributed by atoms with Gasteiger partial charge in [0.15, 0.2) is 0 Å². The molecule has 0 fully saturated rings. The number of para-hydroxylation sites is 1. The molecule has 1 N–H and O–H groups in total. The number of carbonyl (C=O) groups is 1. The van der Waals surface area contributed by atoms with Gasteiger partial charge in [0.2, 0.25) is 15.9 Å². The van der Waals surface area contributed by atoms with Gasteiger partial charge in [0.1, 0.15) is 6.54 Å². The van der Waals surface area contributed by atoms with Crippen LogP contribution in [0.2, 0.25) is 5.02 Å². The Morgan fingerprint density at radius 3 is 2.35 bits per heavy atom. The molecule has 2 aromatic carbocycles. The van der Waals surface area contributed by atoms with E-state index in [0.717, 1.165) is 16.2 Å². The van der Waals surface area contributed by atoms with Crippen molar-refractivity contribution in [3.63, 3.8) is 0 Å². The summed E-state index contributed by atoms with van der Waals surface area (Å²) in [6, 6.07) is 16.2. The molecule has 140 valence electrons. The third kappa shape index (κ3) is 5.93. The first kappa shape index (κ1) is 20.1. The zero-order chi connectivity index (χ0) is 19.2. The summed E-state index contributed by atoms with van der Waals surface area (Å²) in [5, 5.41) is 3.15. The maximum atomic E-state index is 12.2. The van der Waals surface area contributed by atoms with Gasteiger partial charge in [-0.25, -0.2) is 8.42 Å². The Morgan fingerprint density at radius 2 is 1.73 bits per heavy atom. The lowest BCUT2D eigenvalue weighted by molar-refractivity contribution is -0.119. The van der Waals surface area contributed by atoms with Gasteiger partial charge in [-0.15, -0.1) is 0 Å². The molecule has 0 aliphatic carbocycles. The molecular weight excluding hydrogens is 374 g/mol. The van der Waals surface area contributed by atoms with E-state index in [1.54, 1.807) is 18.2 Å². The van der Waals surface area contributed by atoms with Crippen molar-refractivity contribution in [1.29, 1.82) is 0 Å². The number of amides is 1. The fourth-order valence-electron chi connectivity index (χ4n) is 2.39. The van der Waals surface area contributed by atoms with Crippen molar-refractivity contribution < 1.29 is 13.2 Å². The molecule has 0 aliphatic rings. The van der Waals surface area contributed by atoms with Crippen molar-refractivity contribution in [3.8, 4) is 0 Å². The summed E-state index contributed by atoms with van der Waals surface area (Å²) in [4.78, 5) is 14.2. The highest BCUT2D eigenvalue weighted by atomic mass is 35.5. The molecule has 0 aliphatic heterocycles. The number of halogens is 1. The monoisotopic (exact) mass is 395 g/mol. The van der Waals surface area contributed by atoms with E-state index in [1.807, 2.05) is 42.3 Å². The Morgan fingerprint density at radius 1 is 1.08 bits per heavy atom. The minimum atomic E-state index is -3.61. The van der Waals surface area contributed by atoms with Gasteiger partial charge in [0.25, 0.3) is 0 Å². The van der Waals surface area contributed by atoms with E-state index in [9.17, 15) is 13.2 Å². The molecular formula is C18H22ClN3O3S. The number of carbonyl (C=O) groups excluding carboxylic acids is 1. The summed E-state index contributed by atoms with van der Waals surface area (Å²) in [6.45, 7) is 0.706. The smallest absolute Gasteiger partial charge is 0.240 e. The van der Waals surface area contributed by atoms with Crippen LogP contribution in [0, 0.1) is 0 Å². The highest BCUT2D eigenvalue weighted by Gasteiger charge is 2.20. The zero-order valence-corrected chi connectivity index (χ0v) is 16.3. The molecule has 0 aromatic heterocycles. The van der Waals surface area contributed by atoms with Crippen molar-refractivity contribution in [1.82, 2.24) is 5.32 Å². The summed E-state index contributed by atoms with van der Waals surface area (Å²) < 4.78 is 25.1. The van der Waals surface area contributed by atoms with Gasteiger partial charge in [0.05, 0.1) is 11.9 Å². The van der Waals surface area contributed by atoms with Crippen molar-refractivity contribution in [2.45, 2.75) is 0 Å². The molecule has 8 heteroatoms. The summed E-state index contributed by atoms with van der Waals surface area (Å²) in [6.07, 6.45) is 1.06. The SMILES string of the molecule is CN(CCNC(=O)CN(c1cccc(Cl)c1)S(C)(=O)=O)c1ccccc1. The van der Waals surface area contributed by atoms with E-state index >= 15 is 0 Å². The first-order valence-electron chi connectivity index (χ1n) is 8.03. The van der Waals surface area contributed by atoms with Crippen LogP contribution < -0.4 is 14.5 Å². The Bertz CT molecular complexity index is 844. The van der Waals surface area contributed by atoms with Crippen molar-refractivity contribution >= 4 is 38.9 Å². The topological polar surface area (TPSA) is 69.7 Å². The molecule has 0 bridgehead atoms.